The number of aromatic nitrogens is 1. The highest BCUT2D eigenvalue weighted by molar-refractivity contribution is 5.85. The van der Waals surface area contributed by atoms with E-state index in [0.717, 1.165) is 16.5 Å². The van der Waals surface area contributed by atoms with Crippen molar-refractivity contribution in [2.45, 2.75) is 18.9 Å². The van der Waals surface area contributed by atoms with Crippen molar-refractivity contribution in [1.82, 2.24) is 9.88 Å². The van der Waals surface area contributed by atoms with Crippen molar-refractivity contribution in [2.24, 2.45) is 0 Å². The van der Waals surface area contributed by atoms with Crippen LogP contribution in [-0.4, -0.2) is 40.6 Å². The lowest BCUT2D eigenvalue weighted by atomic mass is 9.91. The summed E-state index contributed by atoms with van der Waals surface area (Å²) in [7, 11) is 3.59. The van der Waals surface area contributed by atoms with Gasteiger partial charge in [-0.1, -0.05) is 18.2 Å². The van der Waals surface area contributed by atoms with Gasteiger partial charge in [-0.25, -0.2) is 0 Å². The van der Waals surface area contributed by atoms with E-state index >= 15 is 0 Å². The van der Waals surface area contributed by atoms with E-state index in [9.17, 15) is 9.90 Å². The number of hydrogen-bond donors (Lipinski definition) is 2. The summed E-state index contributed by atoms with van der Waals surface area (Å²) < 4.78 is 0. The van der Waals surface area contributed by atoms with E-state index in [1.165, 1.54) is 0 Å². The van der Waals surface area contributed by atoms with E-state index in [2.05, 4.69) is 4.98 Å². The predicted molar refractivity (Wildman–Crippen MR) is 71.7 cm³/mol. The number of carboxylic acids is 1. The highest BCUT2D eigenvalue weighted by Crippen LogP contribution is 2.25. The topological polar surface area (TPSA) is 56.3 Å². The number of benzene rings is 1. The van der Waals surface area contributed by atoms with E-state index in [0.29, 0.717) is 6.42 Å². The van der Waals surface area contributed by atoms with E-state index in [1.807, 2.05) is 30.5 Å². The fourth-order valence-corrected chi connectivity index (χ4v) is 2.07. The molecule has 96 valence electrons. The normalized spacial score (nSPS) is 14.9. The van der Waals surface area contributed by atoms with Crippen molar-refractivity contribution in [3.8, 4) is 0 Å². The van der Waals surface area contributed by atoms with Gasteiger partial charge < -0.3 is 10.1 Å². The monoisotopic (exact) mass is 246 g/mol. The fourth-order valence-electron chi connectivity index (χ4n) is 2.07. The van der Waals surface area contributed by atoms with Gasteiger partial charge in [-0.2, -0.15) is 0 Å². The summed E-state index contributed by atoms with van der Waals surface area (Å²) in [5.41, 5.74) is 1.17. The molecule has 0 saturated heterocycles. The first-order valence-corrected chi connectivity index (χ1v) is 5.91. The number of nitrogens with one attached hydrogen (secondary N) is 1. The van der Waals surface area contributed by atoms with E-state index < -0.39 is 11.5 Å². The molecular formula is C14H18N2O2. The van der Waals surface area contributed by atoms with Crippen molar-refractivity contribution in [3.05, 3.63) is 36.0 Å². The minimum absolute atomic E-state index is 0.472. The van der Waals surface area contributed by atoms with Crippen LogP contribution in [-0.2, 0) is 11.2 Å². The third-order valence-electron chi connectivity index (χ3n) is 3.66. The number of aromatic amines is 1. The van der Waals surface area contributed by atoms with E-state index in [-0.39, 0.29) is 0 Å². The highest BCUT2D eigenvalue weighted by atomic mass is 16.4. The number of rotatable bonds is 4. The molecule has 2 aromatic rings. The molecule has 0 aliphatic heterocycles. The van der Waals surface area contributed by atoms with Crippen LogP contribution in [0.3, 0.4) is 0 Å². The van der Waals surface area contributed by atoms with Crippen LogP contribution >= 0.6 is 0 Å². The van der Waals surface area contributed by atoms with Gasteiger partial charge in [-0.3, -0.25) is 9.69 Å². The average molecular weight is 246 g/mol. The lowest BCUT2D eigenvalue weighted by Crippen LogP contribution is -2.50. The molecule has 0 saturated carbocycles. The Morgan fingerprint density at radius 1 is 1.39 bits per heavy atom. The Morgan fingerprint density at radius 2 is 2.06 bits per heavy atom. The zero-order chi connectivity index (χ0) is 13.3. The highest BCUT2D eigenvalue weighted by Gasteiger charge is 2.36. The van der Waals surface area contributed by atoms with Crippen molar-refractivity contribution in [1.29, 1.82) is 0 Å². The quantitative estimate of drug-likeness (QED) is 0.868. The van der Waals surface area contributed by atoms with Gasteiger partial charge in [0.2, 0.25) is 0 Å². The lowest BCUT2D eigenvalue weighted by molar-refractivity contribution is -0.148. The molecule has 2 rings (SSSR count). The molecule has 0 fully saturated rings. The smallest absolute Gasteiger partial charge is 0.324 e. The maximum atomic E-state index is 11.5. The Labute approximate surface area is 106 Å². The van der Waals surface area contributed by atoms with Crippen molar-refractivity contribution >= 4 is 16.9 Å². The maximum Gasteiger partial charge on any atom is 0.324 e. The minimum Gasteiger partial charge on any atom is -0.480 e. The second kappa shape index (κ2) is 4.46. The number of likely N-dealkylation sites (N-methyl/N-ethyl adjacent to an activating group) is 1. The largest absolute Gasteiger partial charge is 0.480 e. The standard InChI is InChI=1S/C14H18N2O2/c1-14(13(17)18,16(2)3)8-10-9-15-12-7-5-4-6-11(10)12/h4-7,9,15H,8H2,1-3H3,(H,17,18). The molecule has 1 atom stereocenters. The first kappa shape index (κ1) is 12.6. The zero-order valence-corrected chi connectivity index (χ0v) is 10.9. The summed E-state index contributed by atoms with van der Waals surface area (Å²) in [5.74, 6) is -0.808. The number of para-hydroxylation sites is 1. The number of aliphatic carboxylic acids is 1. The molecule has 1 heterocycles. The first-order chi connectivity index (χ1) is 8.45. The lowest BCUT2D eigenvalue weighted by Gasteiger charge is -2.31. The summed E-state index contributed by atoms with van der Waals surface area (Å²) in [5, 5.41) is 10.5. The molecular weight excluding hydrogens is 228 g/mol. The first-order valence-electron chi connectivity index (χ1n) is 5.91. The van der Waals surface area contributed by atoms with E-state index in [1.54, 1.807) is 25.9 Å². The zero-order valence-electron chi connectivity index (χ0n) is 10.9. The van der Waals surface area contributed by atoms with Crippen molar-refractivity contribution in [2.75, 3.05) is 14.1 Å². The molecule has 1 aromatic heterocycles. The Bertz CT molecular complexity index is 574. The number of carboxylic acid groups (broad SMARTS) is 1. The van der Waals surface area contributed by atoms with Gasteiger partial charge in [0, 0.05) is 23.5 Å². The number of nitrogens with zero attached hydrogens (tertiary/aromatic N) is 1. The van der Waals surface area contributed by atoms with Gasteiger partial charge in [0.1, 0.15) is 5.54 Å². The van der Waals surface area contributed by atoms with Gasteiger partial charge in [-0.05, 0) is 32.6 Å². The van der Waals surface area contributed by atoms with Gasteiger partial charge in [0.15, 0.2) is 0 Å². The summed E-state index contributed by atoms with van der Waals surface area (Å²) in [6.45, 7) is 1.75. The maximum absolute atomic E-state index is 11.5. The van der Waals surface area contributed by atoms with Gasteiger partial charge >= 0.3 is 5.97 Å². The van der Waals surface area contributed by atoms with Crippen LogP contribution in [0.15, 0.2) is 30.5 Å². The van der Waals surface area contributed by atoms with Gasteiger partial charge in [0.05, 0.1) is 0 Å². The molecule has 18 heavy (non-hydrogen) atoms. The summed E-state index contributed by atoms with van der Waals surface area (Å²) in [4.78, 5) is 16.4. The second-order valence-corrected chi connectivity index (χ2v) is 5.01. The molecule has 0 radical (unpaired) electrons. The predicted octanol–water partition coefficient (Wildman–Crippen LogP) is 2.12. The van der Waals surface area contributed by atoms with E-state index in [4.69, 9.17) is 0 Å². The second-order valence-electron chi connectivity index (χ2n) is 5.01. The summed E-state index contributed by atoms with van der Waals surface area (Å²) in [6.07, 6.45) is 2.37. The molecule has 0 bridgehead atoms. The Balaban J connectivity index is 2.41. The molecule has 0 aliphatic carbocycles. The fraction of sp³-hybridized carbons (Fsp3) is 0.357. The van der Waals surface area contributed by atoms with Gasteiger partial charge in [-0.15, -0.1) is 0 Å². The Morgan fingerprint density at radius 3 is 2.67 bits per heavy atom. The molecule has 4 nitrogen and oxygen atoms in total. The Hall–Kier alpha value is -1.81. The molecule has 1 aromatic carbocycles. The number of carbonyl (C=O) groups is 1. The van der Waals surface area contributed by atoms with Crippen LogP contribution in [0.4, 0.5) is 0 Å². The van der Waals surface area contributed by atoms with Crippen LogP contribution in [0.5, 0.6) is 0 Å². The number of H-pyrrole nitrogens is 1. The molecule has 0 aliphatic rings. The minimum atomic E-state index is -0.898. The SMILES string of the molecule is CN(C)C(C)(Cc1c[nH]c2ccccc12)C(=O)O. The molecule has 0 amide bonds. The third-order valence-corrected chi connectivity index (χ3v) is 3.66. The Kier molecular flexibility index (Phi) is 3.13. The van der Waals surface area contributed by atoms with Crippen molar-refractivity contribution in [3.63, 3.8) is 0 Å². The van der Waals surface area contributed by atoms with Gasteiger partial charge in [0.25, 0.3) is 0 Å². The molecule has 0 spiro atoms. The number of hydrogen-bond acceptors (Lipinski definition) is 2. The van der Waals surface area contributed by atoms with Crippen LogP contribution in [0.25, 0.3) is 10.9 Å². The van der Waals surface area contributed by atoms with Crippen LogP contribution in [0.2, 0.25) is 0 Å². The average Bonchev–Trinajstić information content (AvgIpc) is 2.72. The van der Waals surface area contributed by atoms with Crippen LogP contribution in [0, 0.1) is 0 Å². The third kappa shape index (κ3) is 1.99. The van der Waals surface area contributed by atoms with Crippen LogP contribution in [0.1, 0.15) is 12.5 Å². The van der Waals surface area contributed by atoms with Crippen LogP contribution < -0.4 is 0 Å². The number of fused-ring (bicyclic) bond motifs is 1. The van der Waals surface area contributed by atoms with Crippen molar-refractivity contribution < 1.29 is 9.90 Å². The molecule has 4 heteroatoms. The summed E-state index contributed by atoms with van der Waals surface area (Å²) >= 11 is 0. The summed E-state index contributed by atoms with van der Waals surface area (Å²) in [6, 6.07) is 7.93. The molecule has 2 N–H and O–H groups in total. The molecule has 1 unspecified atom stereocenters.